The molecule has 3 aromatic heterocycles. The van der Waals surface area contributed by atoms with Crippen molar-refractivity contribution in [3.63, 3.8) is 0 Å². The molecule has 10 heteroatoms. The zero-order valence-corrected chi connectivity index (χ0v) is 21.4. The van der Waals surface area contributed by atoms with Gasteiger partial charge in [0.1, 0.15) is 11.3 Å². The second-order valence-electron chi connectivity index (χ2n) is 9.81. The number of fused-ring (bicyclic) bond motifs is 1. The molecule has 5 rings (SSSR count). The Morgan fingerprint density at radius 3 is 2.58 bits per heavy atom. The van der Waals surface area contributed by atoms with Crippen LogP contribution < -0.4 is 10.6 Å². The molecular formula is C26H32ClN7O2. The van der Waals surface area contributed by atoms with Gasteiger partial charge in [-0.15, -0.1) is 0 Å². The van der Waals surface area contributed by atoms with Crippen molar-refractivity contribution in [2.45, 2.75) is 50.6 Å². The molecule has 3 aromatic rings. The molecule has 0 spiro atoms. The van der Waals surface area contributed by atoms with E-state index in [1.807, 2.05) is 32.2 Å². The molecule has 1 saturated heterocycles. The van der Waals surface area contributed by atoms with Gasteiger partial charge in [0.2, 0.25) is 11.9 Å². The van der Waals surface area contributed by atoms with Crippen molar-refractivity contribution in [1.29, 1.82) is 0 Å². The van der Waals surface area contributed by atoms with E-state index in [2.05, 4.69) is 30.6 Å². The lowest BCUT2D eigenvalue weighted by Crippen LogP contribution is -2.50. The number of pyridine rings is 2. The maximum atomic E-state index is 12.7. The Kier molecular flexibility index (Phi) is 7.48. The van der Waals surface area contributed by atoms with E-state index in [-0.39, 0.29) is 17.9 Å². The van der Waals surface area contributed by atoms with Gasteiger partial charge in [0.05, 0.1) is 25.2 Å². The van der Waals surface area contributed by atoms with Crippen molar-refractivity contribution >= 4 is 40.2 Å². The summed E-state index contributed by atoms with van der Waals surface area (Å²) in [5.41, 5.74) is 1.55. The molecule has 1 saturated carbocycles. The van der Waals surface area contributed by atoms with Crippen LogP contribution in [0.1, 0.15) is 44.1 Å². The minimum Gasteiger partial charge on any atom is -0.377 e. The van der Waals surface area contributed by atoms with Crippen molar-refractivity contribution in [3.8, 4) is 0 Å². The molecule has 1 aliphatic heterocycles. The zero-order valence-electron chi connectivity index (χ0n) is 20.7. The average Bonchev–Trinajstić information content (AvgIpc) is 2.87. The molecule has 4 heterocycles. The number of anilines is 2. The summed E-state index contributed by atoms with van der Waals surface area (Å²) in [5, 5.41) is 8.35. The lowest BCUT2D eigenvalue weighted by molar-refractivity contribution is -0.142. The Hall–Kier alpha value is -3.04. The highest BCUT2D eigenvalue weighted by Gasteiger charge is 2.30. The number of halogens is 1. The number of hydrogen-bond donors (Lipinski definition) is 2. The van der Waals surface area contributed by atoms with Crippen LogP contribution in [0.4, 0.5) is 11.8 Å². The van der Waals surface area contributed by atoms with Gasteiger partial charge >= 0.3 is 0 Å². The Labute approximate surface area is 216 Å². The predicted octanol–water partition coefficient (Wildman–Crippen LogP) is 4.12. The fourth-order valence-corrected chi connectivity index (χ4v) is 4.99. The van der Waals surface area contributed by atoms with Gasteiger partial charge < -0.3 is 20.3 Å². The van der Waals surface area contributed by atoms with Gasteiger partial charge in [-0.2, -0.15) is 0 Å². The highest BCUT2D eigenvalue weighted by molar-refractivity contribution is 6.33. The lowest BCUT2D eigenvalue weighted by atomic mass is 9.86. The van der Waals surface area contributed by atoms with Crippen LogP contribution in [0.15, 0.2) is 36.8 Å². The Morgan fingerprint density at radius 1 is 1.14 bits per heavy atom. The first kappa shape index (κ1) is 24.6. The van der Waals surface area contributed by atoms with E-state index < -0.39 is 0 Å². The van der Waals surface area contributed by atoms with Crippen LogP contribution in [0.3, 0.4) is 0 Å². The number of carbonyl (C=O) groups excluding carboxylic acids is 1. The van der Waals surface area contributed by atoms with E-state index in [1.165, 1.54) is 0 Å². The summed E-state index contributed by atoms with van der Waals surface area (Å²) in [4.78, 5) is 32.2. The summed E-state index contributed by atoms with van der Waals surface area (Å²) in [6.07, 6.45) is 9.58. The largest absolute Gasteiger partial charge is 0.377 e. The summed E-state index contributed by atoms with van der Waals surface area (Å²) >= 11 is 6.21. The van der Waals surface area contributed by atoms with Gasteiger partial charge in [-0.25, -0.2) is 19.9 Å². The quantitative estimate of drug-likeness (QED) is 0.437. The van der Waals surface area contributed by atoms with Crippen molar-refractivity contribution in [2.75, 3.05) is 37.4 Å². The van der Waals surface area contributed by atoms with Gasteiger partial charge in [0.25, 0.3) is 0 Å². The van der Waals surface area contributed by atoms with Crippen LogP contribution in [0.25, 0.3) is 10.9 Å². The smallest absolute Gasteiger partial charge is 0.230 e. The van der Waals surface area contributed by atoms with E-state index in [0.29, 0.717) is 36.3 Å². The summed E-state index contributed by atoms with van der Waals surface area (Å²) in [7, 11) is 1.83. The summed E-state index contributed by atoms with van der Waals surface area (Å²) < 4.78 is 5.20. The van der Waals surface area contributed by atoms with Crippen LogP contribution in [0.2, 0.25) is 5.15 Å². The number of rotatable bonds is 8. The molecule has 1 atom stereocenters. The molecule has 2 aliphatic rings. The average molecular weight is 510 g/mol. The van der Waals surface area contributed by atoms with E-state index in [1.54, 1.807) is 23.5 Å². The number of nitrogens with zero attached hydrogens (tertiary/aromatic N) is 5. The van der Waals surface area contributed by atoms with Gasteiger partial charge in [0, 0.05) is 49.2 Å². The van der Waals surface area contributed by atoms with Crippen molar-refractivity contribution in [2.24, 2.45) is 5.92 Å². The highest BCUT2D eigenvalue weighted by Crippen LogP contribution is 2.28. The molecule has 0 bridgehead atoms. The molecule has 190 valence electrons. The Morgan fingerprint density at radius 2 is 1.89 bits per heavy atom. The minimum atomic E-state index is -0.281. The van der Waals surface area contributed by atoms with Crippen LogP contribution in [-0.2, 0) is 9.53 Å². The SMILES string of the molecule is CC(C(=O)N(C)C1COC1)c1cnc(NCC2CCC(Nc3ccc4ccnc(Cl)c4n3)CC2)nc1. The maximum absolute atomic E-state index is 12.7. The van der Waals surface area contributed by atoms with Crippen molar-refractivity contribution in [3.05, 3.63) is 47.5 Å². The summed E-state index contributed by atoms with van der Waals surface area (Å²) in [5.74, 6) is 1.79. The molecule has 2 fully saturated rings. The standard InChI is InChI=1S/C26H32ClN7O2/c1-16(25(35)34(2)21-14-36-15-21)19-12-30-26(31-13-19)29-11-17-3-6-20(7-4-17)32-22-8-5-18-9-10-28-24(27)23(18)33-22/h5,8-10,12-13,16-17,20-21H,3-4,6-7,11,14-15H2,1-2H3,(H,32,33)(H,29,30,31). The second-order valence-corrected chi connectivity index (χ2v) is 10.2. The van der Waals surface area contributed by atoms with Crippen molar-refractivity contribution in [1.82, 2.24) is 24.8 Å². The third kappa shape index (κ3) is 5.52. The first-order chi connectivity index (χ1) is 17.5. The first-order valence-corrected chi connectivity index (χ1v) is 12.9. The van der Waals surface area contributed by atoms with Gasteiger partial charge in [-0.05, 0) is 56.7 Å². The first-order valence-electron chi connectivity index (χ1n) is 12.6. The molecule has 9 nitrogen and oxygen atoms in total. The third-order valence-corrected chi connectivity index (χ3v) is 7.65. The van der Waals surface area contributed by atoms with Crippen LogP contribution in [0, 0.1) is 5.92 Å². The Balaban J connectivity index is 1.07. The lowest BCUT2D eigenvalue weighted by Gasteiger charge is -2.35. The molecule has 1 amide bonds. The van der Waals surface area contributed by atoms with Gasteiger partial charge in [-0.1, -0.05) is 11.6 Å². The third-order valence-electron chi connectivity index (χ3n) is 7.37. The number of ether oxygens (including phenoxy) is 1. The summed E-state index contributed by atoms with van der Waals surface area (Å²) in [6, 6.07) is 6.50. The fraction of sp³-hybridized carbons (Fsp3) is 0.500. The van der Waals surface area contributed by atoms with Gasteiger partial charge in [-0.3, -0.25) is 4.79 Å². The van der Waals surface area contributed by atoms with Gasteiger partial charge in [0.15, 0.2) is 5.15 Å². The van der Waals surface area contributed by atoms with Crippen molar-refractivity contribution < 1.29 is 9.53 Å². The molecule has 36 heavy (non-hydrogen) atoms. The monoisotopic (exact) mass is 509 g/mol. The number of likely N-dealkylation sites (N-methyl/N-ethyl adjacent to an activating group) is 1. The Bertz CT molecular complexity index is 1200. The number of aromatic nitrogens is 4. The van der Waals surface area contributed by atoms with E-state index in [4.69, 9.17) is 16.3 Å². The molecule has 0 aromatic carbocycles. The van der Waals surface area contributed by atoms with Crippen LogP contribution >= 0.6 is 11.6 Å². The maximum Gasteiger partial charge on any atom is 0.230 e. The number of nitrogens with one attached hydrogen (secondary N) is 2. The number of carbonyl (C=O) groups is 1. The number of hydrogen-bond acceptors (Lipinski definition) is 8. The molecule has 1 aliphatic carbocycles. The molecule has 1 unspecified atom stereocenters. The molecule has 2 N–H and O–H groups in total. The molecular weight excluding hydrogens is 478 g/mol. The number of amides is 1. The highest BCUT2D eigenvalue weighted by atomic mass is 35.5. The van der Waals surface area contributed by atoms with Crippen LogP contribution in [0.5, 0.6) is 0 Å². The topological polar surface area (TPSA) is 105 Å². The van der Waals surface area contributed by atoms with E-state index in [9.17, 15) is 4.79 Å². The minimum absolute atomic E-state index is 0.0663. The predicted molar refractivity (Wildman–Crippen MR) is 140 cm³/mol. The molecule has 0 radical (unpaired) electrons. The van der Waals surface area contributed by atoms with E-state index in [0.717, 1.165) is 54.5 Å². The normalized spacial score (nSPS) is 21.0. The van der Waals surface area contributed by atoms with Crippen LogP contribution in [-0.4, -0.2) is 69.6 Å². The zero-order chi connectivity index (χ0) is 25.1. The second kappa shape index (κ2) is 10.9. The van der Waals surface area contributed by atoms with E-state index >= 15 is 0 Å². The summed E-state index contributed by atoms with van der Waals surface area (Å²) in [6.45, 7) is 3.95. The fourth-order valence-electron chi connectivity index (χ4n) is 4.78.